The first kappa shape index (κ1) is 14.2. The van der Waals surface area contributed by atoms with Crippen LogP contribution in [0, 0.1) is 5.92 Å². The Morgan fingerprint density at radius 2 is 2.40 bits per heavy atom. The summed E-state index contributed by atoms with van der Waals surface area (Å²) < 4.78 is 2.01. The summed E-state index contributed by atoms with van der Waals surface area (Å²) >= 11 is 9.03. The predicted molar refractivity (Wildman–Crippen MR) is 85.7 cm³/mol. The summed E-state index contributed by atoms with van der Waals surface area (Å²) in [5.41, 5.74) is 0.900. The van der Waals surface area contributed by atoms with E-state index in [1.165, 1.54) is 24.6 Å². The molecule has 0 saturated heterocycles. The molecule has 0 unspecified atom stereocenters. The number of halogens is 1. The van der Waals surface area contributed by atoms with Crippen molar-refractivity contribution in [1.82, 2.24) is 10.3 Å². The second-order valence-electron chi connectivity index (χ2n) is 5.07. The lowest BCUT2D eigenvalue weighted by atomic mass is 10.2. The van der Waals surface area contributed by atoms with E-state index in [0.29, 0.717) is 22.7 Å². The molecule has 0 aliphatic heterocycles. The molecule has 1 fully saturated rings. The van der Waals surface area contributed by atoms with Gasteiger partial charge in [-0.1, -0.05) is 23.4 Å². The normalized spacial score (nSPS) is 16.3. The Morgan fingerprint density at radius 3 is 3.15 bits per heavy atom. The molecule has 1 saturated carbocycles. The van der Waals surface area contributed by atoms with Gasteiger partial charge in [0.2, 0.25) is 5.91 Å². The largest absolute Gasteiger partial charge is 0.353 e. The molecule has 0 spiro atoms. The van der Waals surface area contributed by atoms with Gasteiger partial charge in [-0.2, -0.15) is 0 Å². The molecule has 6 heteroatoms. The molecule has 1 aromatic carbocycles. The predicted octanol–water partition coefficient (Wildman–Crippen LogP) is 3.96. The van der Waals surface area contributed by atoms with Crippen molar-refractivity contribution < 1.29 is 4.79 Å². The first-order valence-electron chi connectivity index (χ1n) is 6.60. The van der Waals surface area contributed by atoms with E-state index in [0.717, 1.165) is 14.6 Å². The molecule has 0 bridgehead atoms. The van der Waals surface area contributed by atoms with Crippen molar-refractivity contribution in [2.24, 2.45) is 5.92 Å². The van der Waals surface area contributed by atoms with Gasteiger partial charge in [0.1, 0.15) is 0 Å². The van der Waals surface area contributed by atoms with Crippen LogP contribution in [0.5, 0.6) is 0 Å². The van der Waals surface area contributed by atoms with Gasteiger partial charge in [-0.05, 0) is 43.9 Å². The molecule has 1 atom stereocenters. The standard InChI is InChI=1S/C14H15ClN2OS2/c1-8(9-2-3-9)16-13(18)7-19-14-17-11-6-10(15)4-5-12(11)20-14/h4-6,8-9H,2-3,7H2,1H3,(H,16,18)/t8-/m0/s1. The molecule has 2 aromatic rings. The van der Waals surface area contributed by atoms with Crippen molar-refractivity contribution >= 4 is 50.8 Å². The number of nitrogens with one attached hydrogen (secondary N) is 1. The van der Waals surface area contributed by atoms with Crippen LogP contribution in [0.2, 0.25) is 5.02 Å². The molecule has 1 N–H and O–H groups in total. The highest BCUT2D eigenvalue weighted by Crippen LogP contribution is 2.33. The van der Waals surface area contributed by atoms with E-state index in [2.05, 4.69) is 17.2 Å². The molecule has 1 heterocycles. The minimum Gasteiger partial charge on any atom is -0.353 e. The lowest BCUT2D eigenvalue weighted by molar-refractivity contribution is -0.119. The summed E-state index contributed by atoms with van der Waals surface area (Å²) in [6.07, 6.45) is 2.49. The Balaban J connectivity index is 1.57. The number of nitrogens with zero attached hydrogens (tertiary/aromatic N) is 1. The first-order valence-corrected chi connectivity index (χ1v) is 8.78. The number of amides is 1. The molecular formula is C14H15ClN2OS2. The molecular weight excluding hydrogens is 312 g/mol. The van der Waals surface area contributed by atoms with Crippen LogP contribution in [-0.2, 0) is 4.79 Å². The summed E-state index contributed by atoms with van der Waals surface area (Å²) in [5.74, 6) is 1.20. The summed E-state index contributed by atoms with van der Waals surface area (Å²) in [7, 11) is 0. The van der Waals surface area contributed by atoms with Gasteiger partial charge in [0, 0.05) is 11.1 Å². The molecule has 3 nitrogen and oxygen atoms in total. The van der Waals surface area contributed by atoms with Gasteiger partial charge >= 0.3 is 0 Å². The van der Waals surface area contributed by atoms with Gasteiger partial charge in [-0.15, -0.1) is 11.3 Å². The van der Waals surface area contributed by atoms with E-state index in [-0.39, 0.29) is 5.91 Å². The molecule has 1 amide bonds. The molecule has 1 aliphatic rings. The fourth-order valence-corrected chi connectivity index (χ4v) is 4.10. The van der Waals surface area contributed by atoms with E-state index in [1.54, 1.807) is 11.3 Å². The van der Waals surface area contributed by atoms with Crippen molar-refractivity contribution in [1.29, 1.82) is 0 Å². The fourth-order valence-electron chi connectivity index (χ4n) is 2.08. The zero-order valence-corrected chi connectivity index (χ0v) is 13.4. The molecule has 1 aliphatic carbocycles. The van der Waals surface area contributed by atoms with Crippen LogP contribution in [0.4, 0.5) is 0 Å². The molecule has 1 aromatic heterocycles. The van der Waals surface area contributed by atoms with Crippen molar-refractivity contribution in [2.45, 2.75) is 30.1 Å². The van der Waals surface area contributed by atoms with Gasteiger partial charge in [0.15, 0.2) is 4.34 Å². The van der Waals surface area contributed by atoms with Crippen molar-refractivity contribution in [3.8, 4) is 0 Å². The number of hydrogen-bond acceptors (Lipinski definition) is 4. The van der Waals surface area contributed by atoms with Gasteiger partial charge in [0.05, 0.1) is 16.0 Å². The van der Waals surface area contributed by atoms with Gasteiger partial charge in [-0.3, -0.25) is 4.79 Å². The Kier molecular flexibility index (Phi) is 4.19. The maximum atomic E-state index is 11.9. The summed E-state index contributed by atoms with van der Waals surface area (Å²) in [4.78, 5) is 16.3. The summed E-state index contributed by atoms with van der Waals surface area (Å²) in [6.45, 7) is 2.08. The molecule has 3 rings (SSSR count). The first-order chi connectivity index (χ1) is 9.61. The van der Waals surface area contributed by atoms with Crippen LogP contribution in [-0.4, -0.2) is 22.7 Å². The lowest BCUT2D eigenvalue weighted by Gasteiger charge is -2.11. The number of thioether (sulfide) groups is 1. The van der Waals surface area contributed by atoms with Gasteiger partial charge in [0.25, 0.3) is 0 Å². The third-order valence-electron chi connectivity index (χ3n) is 3.37. The second-order valence-corrected chi connectivity index (χ2v) is 7.76. The highest BCUT2D eigenvalue weighted by Gasteiger charge is 2.28. The molecule has 0 radical (unpaired) electrons. The zero-order chi connectivity index (χ0) is 14.1. The van der Waals surface area contributed by atoms with Crippen LogP contribution in [0.1, 0.15) is 19.8 Å². The van der Waals surface area contributed by atoms with Crippen LogP contribution in [0.15, 0.2) is 22.5 Å². The number of thiazole rings is 1. The van der Waals surface area contributed by atoms with Crippen molar-refractivity contribution in [3.63, 3.8) is 0 Å². The van der Waals surface area contributed by atoms with E-state index in [1.807, 2.05) is 18.2 Å². The van der Waals surface area contributed by atoms with E-state index in [4.69, 9.17) is 11.6 Å². The Morgan fingerprint density at radius 1 is 1.60 bits per heavy atom. The second kappa shape index (κ2) is 5.92. The van der Waals surface area contributed by atoms with E-state index in [9.17, 15) is 4.79 Å². The lowest BCUT2D eigenvalue weighted by Crippen LogP contribution is -2.35. The molecule has 106 valence electrons. The third kappa shape index (κ3) is 3.45. The van der Waals surface area contributed by atoms with Crippen molar-refractivity contribution in [2.75, 3.05) is 5.75 Å². The SMILES string of the molecule is C[C@H](NC(=O)CSc1nc2cc(Cl)ccc2s1)C1CC1. The smallest absolute Gasteiger partial charge is 0.230 e. The number of aromatic nitrogens is 1. The summed E-state index contributed by atoms with van der Waals surface area (Å²) in [5, 5.41) is 3.74. The zero-order valence-electron chi connectivity index (χ0n) is 11.1. The highest BCUT2D eigenvalue weighted by molar-refractivity contribution is 8.01. The highest BCUT2D eigenvalue weighted by atomic mass is 35.5. The minimum atomic E-state index is 0.0895. The maximum Gasteiger partial charge on any atom is 0.230 e. The third-order valence-corrected chi connectivity index (χ3v) is 5.79. The average molecular weight is 327 g/mol. The molecule has 20 heavy (non-hydrogen) atoms. The van der Waals surface area contributed by atoms with E-state index < -0.39 is 0 Å². The van der Waals surface area contributed by atoms with Crippen LogP contribution in [0.25, 0.3) is 10.2 Å². The Bertz CT molecular complexity index is 639. The Labute approximate surface area is 131 Å². The average Bonchev–Trinajstić information content (AvgIpc) is 3.17. The Hall–Kier alpha value is -0.780. The number of rotatable bonds is 5. The summed E-state index contributed by atoms with van der Waals surface area (Å²) in [6, 6.07) is 5.99. The topological polar surface area (TPSA) is 42.0 Å². The van der Waals surface area contributed by atoms with Gasteiger partial charge in [-0.25, -0.2) is 4.98 Å². The quantitative estimate of drug-likeness (QED) is 0.846. The van der Waals surface area contributed by atoms with E-state index >= 15 is 0 Å². The number of carbonyl (C=O) groups excluding carboxylic acids is 1. The number of carbonyl (C=O) groups is 1. The monoisotopic (exact) mass is 326 g/mol. The minimum absolute atomic E-state index is 0.0895. The van der Waals surface area contributed by atoms with Gasteiger partial charge < -0.3 is 5.32 Å². The number of fused-ring (bicyclic) bond motifs is 1. The maximum absolute atomic E-state index is 11.9. The number of benzene rings is 1. The number of hydrogen-bond donors (Lipinski definition) is 1. The van der Waals surface area contributed by atoms with Crippen LogP contribution < -0.4 is 5.32 Å². The van der Waals surface area contributed by atoms with Crippen molar-refractivity contribution in [3.05, 3.63) is 23.2 Å². The van der Waals surface area contributed by atoms with Crippen LogP contribution in [0.3, 0.4) is 0 Å². The van der Waals surface area contributed by atoms with Crippen LogP contribution >= 0.6 is 34.7 Å². The fraction of sp³-hybridized carbons (Fsp3) is 0.429.